The highest BCUT2D eigenvalue weighted by molar-refractivity contribution is 5.93. The van der Waals surface area contributed by atoms with E-state index in [9.17, 15) is 9.59 Å². The van der Waals surface area contributed by atoms with Crippen LogP contribution in [0.5, 0.6) is 0 Å². The minimum Gasteiger partial charge on any atom is -0.355 e. The average molecular weight is 177 g/mol. The molecule has 0 aromatic heterocycles. The van der Waals surface area contributed by atoms with Crippen molar-refractivity contribution in [2.24, 2.45) is 0 Å². The molecule has 0 unspecified atom stereocenters. The highest BCUT2D eigenvalue weighted by atomic mass is 16.1. The molecule has 3 heteroatoms. The van der Waals surface area contributed by atoms with Crippen LogP contribution >= 0.6 is 0 Å². The fraction of sp³-hybridized carbons (Fsp3) is 0.200. The van der Waals surface area contributed by atoms with E-state index in [0.29, 0.717) is 18.5 Å². The minimum atomic E-state index is 0.0508. The zero-order chi connectivity index (χ0) is 9.68. The van der Waals surface area contributed by atoms with E-state index >= 15 is 0 Å². The first kappa shape index (κ1) is 9.45. The predicted octanol–water partition coefficient (Wildman–Crippen LogP) is 1.14. The van der Waals surface area contributed by atoms with Gasteiger partial charge < -0.3 is 5.32 Å². The summed E-state index contributed by atoms with van der Waals surface area (Å²) in [6.45, 7) is 2.03. The zero-order valence-corrected chi connectivity index (χ0v) is 7.41. The quantitative estimate of drug-likeness (QED) is 0.553. The lowest BCUT2D eigenvalue weighted by molar-refractivity contribution is -0.109. The Bertz CT molecular complexity index is 303. The third kappa shape index (κ3) is 2.71. The normalized spacial score (nSPS) is 9.31. The summed E-state index contributed by atoms with van der Waals surface area (Å²) in [5, 5.41) is 2.55. The van der Waals surface area contributed by atoms with Gasteiger partial charge in [0, 0.05) is 12.1 Å². The summed E-state index contributed by atoms with van der Waals surface area (Å²) < 4.78 is 0. The largest absolute Gasteiger partial charge is 0.355 e. The first-order chi connectivity index (χ1) is 6.24. The first-order valence-electron chi connectivity index (χ1n) is 4.01. The van der Waals surface area contributed by atoms with Gasteiger partial charge in [-0.3, -0.25) is 9.59 Å². The summed E-state index contributed by atoms with van der Waals surface area (Å²) in [6.07, 6.45) is 0.652. The molecule has 0 spiro atoms. The molecule has 0 radical (unpaired) electrons. The van der Waals surface area contributed by atoms with Crippen molar-refractivity contribution < 1.29 is 9.59 Å². The number of carbonyl (C=O) groups excluding carboxylic acids is 2. The SMILES string of the molecule is CC(=O)c1ccc(CNC=O)cc1. The molecule has 1 amide bonds. The molecule has 1 N–H and O–H groups in total. The van der Waals surface area contributed by atoms with Gasteiger partial charge in [0.1, 0.15) is 0 Å². The molecular weight excluding hydrogens is 166 g/mol. The summed E-state index contributed by atoms with van der Waals surface area (Å²) in [6, 6.07) is 7.16. The Labute approximate surface area is 76.8 Å². The van der Waals surface area contributed by atoms with Gasteiger partial charge in [-0.2, -0.15) is 0 Å². The molecule has 68 valence electrons. The second kappa shape index (κ2) is 4.40. The molecule has 13 heavy (non-hydrogen) atoms. The van der Waals surface area contributed by atoms with Gasteiger partial charge in [0.15, 0.2) is 5.78 Å². The van der Waals surface area contributed by atoms with Crippen LogP contribution in [0.1, 0.15) is 22.8 Å². The molecule has 1 rings (SSSR count). The molecule has 0 bridgehead atoms. The number of hydrogen-bond acceptors (Lipinski definition) is 2. The Kier molecular flexibility index (Phi) is 3.20. The van der Waals surface area contributed by atoms with Crippen LogP contribution in [0.2, 0.25) is 0 Å². The average Bonchev–Trinajstić information content (AvgIpc) is 2.15. The molecule has 0 aliphatic heterocycles. The van der Waals surface area contributed by atoms with E-state index in [1.54, 1.807) is 12.1 Å². The van der Waals surface area contributed by atoms with Crippen LogP contribution in [0.15, 0.2) is 24.3 Å². The molecule has 3 nitrogen and oxygen atoms in total. The van der Waals surface area contributed by atoms with Crippen molar-refractivity contribution in [3.8, 4) is 0 Å². The monoisotopic (exact) mass is 177 g/mol. The van der Waals surface area contributed by atoms with Gasteiger partial charge in [-0.15, -0.1) is 0 Å². The molecule has 1 aromatic rings. The Hall–Kier alpha value is -1.64. The smallest absolute Gasteiger partial charge is 0.207 e. The Morgan fingerprint density at radius 2 is 2.00 bits per heavy atom. The van der Waals surface area contributed by atoms with Gasteiger partial charge >= 0.3 is 0 Å². The van der Waals surface area contributed by atoms with Crippen molar-refractivity contribution in [3.63, 3.8) is 0 Å². The minimum absolute atomic E-state index is 0.0508. The van der Waals surface area contributed by atoms with Gasteiger partial charge in [-0.25, -0.2) is 0 Å². The molecule has 0 saturated heterocycles. The molecule has 0 aliphatic carbocycles. The van der Waals surface area contributed by atoms with Gasteiger partial charge in [-0.05, 0) is 12.5 Å². The van der Waals surface area contributed by atoms with E-state index in [1.807, 2.05) is 12.1 Å². The molecular formula is C10H11NO2. The van der Waals surface area contributed by atoms with Gasteiger partial charge in [0.25, 0.3) is 0 Å². The highest BCUT2D eigenvalue weighted by Gasteiger charge is 1.97. The van der Waals surface area contributed by atoms with E-state index in [0.717, 1.165) is 5.56 Å². The van der Waals surface area contributed by atoms with Crippen LogP contribution in [0.25, 0.3) is 0 Å². The van der Waals surface area contributed by atoms with E-state index in [-0.39, 0.29) is 5.78 Å². The molecule has 0 aliphatic rings. The summed E-state index contributed by atoms with van der Waals surface area (Å²) in [7, 11) is 0. The number of rotatable bonds is 4. The van der Waals surface area contributed by atoms with Crippen molar-refractivity contribution in [2.45, 2.75) is 13.5 Å². The van der Waals surface area contributed by atoms with E-state index in [1.165, 1.54) is 6.92 Å². The van der Waals surface area contributed by atoms with E-state index < -0.39 is 0 Å². The van der Waals surface area contributed by atoms with Crippen molar-refractivity contribution in [3.05, 3.63) is 35.4 Å². The molecule has 0 heterocycles. The van der Waals surface area contributed by atoms with Crippen LogP contribution in [0, 0.1) is 0 Å². The van der Waals surface area contributed by atoms with Gasteiger partial charge in [0.05, 0.1) is 0 Å². The number of ketones is 1. The van der Waals surface area contributed by atoms with Crippen LogP contribution in [-0.2, 0) is 11.3 Å². The number of Topliss-reactive ketones (excluding diaryl/α,β-unsaturated/α-hetero) is 1. The Balaban J connectivity index is 2.69. The maximum absolute atomic E-state index is 10.9. The second-order valence-electron chi connectivity index (χ2n) is 2.75. The van der Waals surface area contributed by atoms with Crippen molar-refractivity contribution in [2.75, 3.05) is 0 Å². The van der Waals surface area contributed by atoms with Crippen LogP contribution in [0.4, 0.5) is 0 Å². The molecule has 0 fully saturated rings. The second-order valence-corrected chi connectivity index (χ2v) is 2.75. The highest BCUT2D eigenvalue weighted by Crippen LogP contribution is 2.04. The third-order valence-corrected chi connectivity index (χ3v) is 1.75. The lowest BCUT2D eigenvalue weighted by Crippen LogP contribution is -2.09. The number of nitrogens with one attached hydrogen (secondary N) is 1. The van der Waals surface area contributed by atoms with E-state index in [2.05, 4.69) is 5.32 Å². The lowest BCUT2D eigenvalue weighted by atomic mass is 10.1. The van der Waals surface area contributed by atoms with Crippen molar-refractivity contribution in [1.82, 2.24) is 5.32 Å². The topological polar surface area (TPSA) is 46.2 Å². The van der Waals surface area contributed by atoms with Gasteiger partial charge in [0.2, 0.25) is 6.41 Å². The van der Waals surface area contributed by atoms with Crippen LogP contribution in [0.3, 0.4) is 0 Å². The number of carbonyl (C=O) groups is 2. The van der Waals surface area contributed by atoms with Crippen LogP contribution < -0.4 is 5.32 Å². The fourth-order valence-electron chi connectivity index (χ4n) is 1.02. The number of amides is 1. The standard InChI is InChI=1S/C10H11NO2/c1-8(13)10-4-2-9(3-5-10)6-11-7-12/h2-5,7H,6H2,1H3,(H,11,12). The summed E-state index contributed by atoms with van der Waals surface area (Å²) in [5.74, 6) is 0.0508. The van der Waals surface area contributed by atoms with Crippen molar-refractivity contribution in [1.29, 1.82) is 0 Å². The third-order valence-electron chi connectivity index (χ3n) is 1.75. The van der Waals surface area contributed by atoms with Crippen LogP contribution in [-0.4, -0.2) is 12.2 Å². The summed E-state index contributed by atoms with van der Waals surface area (Å²) in [5.41, 5.74) is 1.67. The Morgan fingerprint density at radius 3 is 2.46 bits per heavy atom. The molecule has 1 aromatic carbocycles. The predicted molar refractivity (Wildman–Crippen MR) is 49.4 cm³/mol. The summed E-state index contributed by atoms with van der Waals surface area (Å²) in [4.78, 5) is 20.9. The molecule has 0 atom stereocenters. The first-order valence-corrected chi connectivity index (χ1v) is 4.01. The lowest BCUT2D eigenvalue weighted by Gasteiger charge is -2.00. The number of hydrogen-bond donors (Lipinski definition) is 1. The van der Waals surface area contributed by atoms with Gasteiger partial charge in [-0.1, -0.05) is 24.3 Å². The van der Waals surface area contributed by atoms with E-state index in [4.69, 9.17) is 0 Å². The number of benzene rings is 1. The maximum atomic E-state index is 10.9. The fourth-order valence-corrected chi connectivity index (χ4v) is 1.02. The zero-order valence-electron chi connectivity index (χ0n) is 7.41. The maximum Gasteiger partial charge on any atom is 0.207 e. The van der Waals surface area contributed by atoms with Crippen molar-refractivity contribution >= 4 is 12.2 Å². The Morgan fingerprint density at radius 1 is 1.38 bits per heavy atom. The molecule has 0 saturated carbocycles. The summed E-state index contributed by atoms with van der Waals surface area (Å²) >= 11 is 0.